The Labute approximate surface area is 114 Å². The highest BCUT2D eigenvalue weighted by Gasteiger charge is 2.33. The summed E-state index contributed by atoms with van der Waals surface area (Å²) >= 11 is 0. The molecule has 1 aliphatic rings. The van der Waals surface area contributed by atoms with E-state index in [1.807, 2.05) is 36.2 Å². The van der Waals surface area contributed by atoms with Crippen LogP contribution >= 0.6 is 0 Å². The van der Waals surface area contributed by atoms with Gasteiger partial charge in [0.25, 0.3) is 5.91 Å². The van der Waals surface area contributed by atoms with Crippen molar-refractivity contribution in [3.8, 4) is 0 Å². The Kier molecular flexibility index (Phi) is 4.10. The number of ether oxygens (including phenoxy) is 1. The molecule has 104 valence electrons. The first-order valence-electron chi connectivity index (χ1n) is 6.70. The van der Waals surface area contributed by atoms with Crippen molar-refractivity contribution >= 4 is 11.6 Å². The van der Waals surface area contributed by atoms with E-state index in [9.17, 15) is 4.79 Å². The Morgan fingerprint density at radius 3 is 2.63 bits per heavy atom. The van der Waals surface area contributed by atoms with Crippen molar-refractivity contribution in [2.24, 2.45) is 0 Å². The molecular weight excluding hydrogens is 240 g/mol. The number of nitrogens with one attached hydrogen (secondary N) is 1. The topological polar surface area (TPSA) is 41.6 Å². The fourth-order valence-corrected chi connectivity index (χ4v) is 2.51. The van der Waals surface area contributed by atoms with Gasteiger partial charge in [0, 0.05) is 38.5 Å². The van der Waals surface area contributed by atoms with Crippen LogP contribution in [0, 0.1) is 0 Å². The maximum Gasteiger partial charge on any atom is 0.253 e. The summed E-state index contributed by atoms with van der Waals surface area (Å²) in [6.45, 7) is 3.54. The molecule has 1 N–H and O–H groups in total. The van der Waals surface area contributed by atoms with Crippen molar-refractivity contribution in [1.29, 1.82) is 0 Å². The van der Waals surface area contributed by atoms with Crippen molar-refractivity contribution in [2.75, 3.05) is 32.6 Å². The third-order valence-corrected chi connectivity index (χ3v) is 3.86. The first kappa shape index (κ1) is 13.9. The lowest BCUT2D eigenvalue weighted by atomic mass is 9.94. The van der Waals surface area contributed by atoms with Gasteiger partial charge >= 0.3 is 0 Å². The molecule has 1 heterocycles. The molecule has 1 saturated heterocycles. The third-order valence-electron chi connectivity index (χ3n) is 3.86. The molecular formula is C15H22N2O2. The molecule has 1 aromatic carbocycles. The molecule has 2 rings (SSSR count). The second-order valence-corrected chi connectivity index (χ2v) is 5.31. The lowest BCUT2D eigenvalue weighted by Gasteiger charge is -2.39. The van der Waals surface area contributed by atoms with Gasteiger partial charge in [0.1, 0.15) is 0 Å². The summed E-state index contributed by atoms with van der Waals surface area (Å²) in [5.74, 6) is 0.0885. The number of nitrogens with zero attached hydrogens (tertiary/aromatic N) is 1. The number of rotatable bonds is 3. The predicted molar refractivity (Wildman–Crippen MR) is 76.5 cm³/mol. The number of likely N-dealkylation sites (tertiary alicyclic amines) is 1. The fraction of sp³-hybridized carbons (Fsp3) is 0.533. The summed E-state index contributed by atoms with van der Waals surface area (Å²) in [4.78, 5) is 14.3. The van der Waals surface area contributed by atoms with Crippen LogP contribution < -0.4 is 5.32 Å². The molecule has 1 fully saturated rings. The molecule has 1 unspecified atom stereocenters. The quantitative estimate of drug-likeness (QED) is 0.909. The van der Waals surface area contributed by atoms with Gasteiger partial charge in [-0.05, 0) is 44.0 Å². The summed E-state index contributed by atoms with van der Waals surface area (Å²) in [6.07, 6.45) is 2.00. The maximum absolute atomic E-state index is 12.5. The van der Waals surface area contributed by atoms with Gasteiger partial charge in [-0.15, -0.1) is 0 Å². The molecule has 0 aromatic heterocycles. The van der Waals surface area contributed by atoms with Crippen molar-refractivity contribution in [3.63, 3.8) is 0 Å². The normalized spacial score (nSPS) is 23.2. The molecule has 4 nitrogen and oxygen atoms in total. The monoisotopic (exact) mass is 262 g/mol. The summed E-state index contributed by atoms with van der Waals surface area (Å²) in [5, 5.41) is 3.05. The second kappa shape index (κ2) is 5.61. The highest BCUT2D eigenvalue weighted by atomic mass is 16.5. The van der Waals surface area contributed by atoms with Crippen LogP contribution in [0.3, 0.4) is 0 Å². The van der Waals surface area contributed by atoms with Crippen LogP contribution in [0.2, 0.25) is 0 Å². The van der Waals surface area contributed by atoms with Crippen molar-refractivity contribution < 1.29 is 9.53 Å². The largest absolute Gasteiger partial charge is 0.388 e. The van der Waals surface area contributed by atoms with E-state index in [0.29, 0.717) is 6.54 Å². The van der Waals surface area contributed by atoms with Crippen LogP contribution in [0.5, 0.6) is 0 Å². The SMILES string of the molecule is CNc1ccc(C(=O)N2CCCC(C)(OC)C2)cc1. The molecule has 0 spiro atoms. The Hall–Kier alpha value is -1.55. The number of benzene rings is 1. The molecule has 0 aliphatic carbocycles. The van der Waals surface area contributed by atoms with Crippen LogP contribution in [-0.4, -0.2) is 43.7 Å². The smallest absolute Gasteiger partial charge is 0.253 e. The fourth-order valence-electron chi connectivity index (χ4n) is 2.51. The van der Waals surface area contributed by atoms with Gasteiger partial charge in [-0.3, -0.25) is 4.79 Å². The Morgan fingerprint density at radius 2 is 2.05 bits per heavy atom. The van der Waals surface area contributed by atoms with Gasteiger partial charge in [0.2, 0.25) is 0 Å². The Morgan fingerprint density at radius 1 is 1.37 bits per heavy atom. The van der Waals surface area contributed by atoms with E-state index in [-0.39, 0.29) is 11.5 Å². The zero-order valence-corrected chi connectivity index (χ0v) is 11.9. The minimum absolute atomic E-state index is 0.0885. The number of carbonyl (C=O) groups is 1. The molecule has 4 heteroatoms. The molecule has 1 amide bonds. The van der Waals surface area contributed by atoms with E-state index in [2.05, 4.69) is 12.2 Å². The van der Waals surface area contributed by atoms with Crippen LogP contribution in [-0.2, 0) is 4.74 Å². The van der Waals surface area contributed by atoms with E-state index in [0.717, 1.165) is 30.6 Å². The number of carbonyl (C=O) groups excluding carboxylic acids is 1. The van der Waals surface area contributed by atoms with Gasteiger partial charge in [-0.2, -0.15) is 0 Å². The molecule has 1 aliphatic heterocycles. The molecule has 1 atom stereocenters. The maximum atomic E-state index is 12.5. The number of hydrogen-bond donors (Lipinski definition) is 1. The summed E-state index contributed by atoms with van der Waals surface area (Å²) < 4.78 is 5.53. The van der Waals surface area contributed by atoms with Gasteiger partial charge in [0.15, 0.2) is 0 Å². The van der Waals surface area contributed by atoms with E-state index in [1.165, 1.54) is 0 Å². The summed E-state index contributed by atoms with van der Waals surface area (Å²) in [5.41, 5.74) is 1.54. The number of methoxy groups -OCH3 is 1. The number of anilines is 1. The third kappa shape index (κ3) is 3.07. The van der Waals surface area contributed by atoms with Crippen LogP contribution in [0.15, 0.2) is 24.3 Å². The molecule has 0 bridgehead atoms. The standard InChI is InChI=1S/C15H22N2O2/c1-15(19-3)9-4-10-17(11-15)14(18)12-5-7-13(16-2)8-6-12/h5-8,16H,4,9-11H2,1-3H3. The second-order valence-electron chi connectivity index (χ2n) is 5.31. The molecule has 1 aromatic rings. The molecule has 0 saturated carbocycles. The average Bonchev–Trinajstić information content (AvgIpc) is 2.46. The lowest BCUT2D eigenvalue weighted by molar-refractivity contribution is -0.0440. The number of amides is 1. The lowest BCUT2D eigenvalue weighted by Crippen LogP contribution is -2.49. The van der Waals surface area contributed by atoms with E-state index in [1.54, 1.807) is 7.11 Å². The number of piperidine rings is 1. The first-order chi connectivity index (χ1) is 9.08. The Balaban J connectivity index is 2.10. The average molecular weight is 262 g/mol. The first-order valence-corrected chi connectivity index (χ1v) is 6.70. The zero-order chi connectivity index (χ0) is 13.9. The van der Waals surface area contributed by atoms with Crippen LogP contribution in [0.4, 0.5) is 5.69 Å². The van der Waals surface area contributed by atoms with Gasteiger partial charge in [0.05, 0.1) is 5.60 Å². The van der Waals surface area contributed by atoms with Crippen molar-refractivity contribution in [2.45, 2.75) is 25.4 Å². The van der Waals surface area contributed by atoms with Crippen molar-refractivity contribution in [3.05, 3.63) is 29.8 Å². The minimum Gasteiger partial charge on any atom is -0.388 e. The minimum atomic E-state index is -0.209. The number of hydrogen-bond acceptors (Lipinski definition) is 3. The predicted octanol–water partition coefficient (Wildman–Crippen LogP) is 2.37. The highest BCUT2D eigenvalue weighted by molar-refractivity contribution is 5.94. The molecule has 19 heavy (non-hydrogen) atoms. The Bertz CT molecular complexity index is 444. The van der Waals surface area contributed by atoms with Gasteiger partial charge < -0.3 is 15.0 Å². The van der Waals surface area contributed by atoms with Gasteiger partial charge in [-0.1, -0.05) is 0 Å². The molecule has 0 radical (unpaired) electrons. The van der Waals surface area contributed by atoms with Gasteiger partial charge in [-0.25, -0.2) is 0 Å². The van der Waals surface area contributed by atoms with E-state index < -0.39 is 0 Å². The highest BCUT2D eigenvalue weighted by Crippen LogP contribution is 2.25. The summed E-state index contributed by atoms with van der Waals surface area (Å²) in [6, 6.07) is 7.58. The van der Waals surface area contributed by atoms with E-state index >= 15 is 0 Å². The summed E-state index contributed by atoms with van der Waals surface area (Å²) in [7, 11) is 3.58. The van der Waals surface area contributed by atoms with E-state index in [4.69, 9.17) is 4.74 Å². The van der Waals surface area contributed by atoms with Crippen LogP contribution in [0.1, 0.15) is 30.1 Å². The van der Waals surface area contributed by atoms with Crippen LogP contribution in [0.25, 0.3) is 0 Å². The van der Waals surface area contributed by atoms with Crippen molar-refractivity contribution in [1.82, 2.24) is 4.90 Å². The zero-order valence-electron chi connectivity index (χ0n) is 11.9.